The summed E-state index contributed by atoms with van der Waals surface area (Å²) in [6.07, 6.45) is 4.92. The van der Waals surface area contributed by atoms with Crippen molar-refractivity contribution in [3.05, 3.63) is 28.4 Å². The number of fused-ring (bicyclic) bond motifs is 1. The van der Waals surface area contributed by atoms with Crippen molar-refractivity contribution in [1.29, 1.82) is 0 Å². The van der Waals surface area contributed by atoms with Crippen LogP contribution in [0.2, 0.25) is 5.02 Å². The first kappa shape index (κ1) is 17.8. The van der Waals surface area contributed by atoms with Crippen LogP contribution in [0.1, 0.15) is 48.2 Å². The first-order valence-corrected chi connectivity index (χ1v) is 8.95. The third-order valence-corrected chi connectivity index (χ3v) is 5.41. The standard InChI is InChI=1S/C19H22ClNO4/c1-11-13(9-18(22)23)14-8-17(25-2)15(20)10-16(14)21(11)19(24)12-6-4-3-5-7-12/h8,10,12H,3-7,9H2,1-2H3,(H,22,23). The molecule has 3 rings (SSSR count). The molecule has 1 aromatic carbocycles. The number of carbonyl (C=O) groups excluding carboxylic acids is 1. The van der Waals surface area contributed by atoms with Crippen LogP contribution in [0.15, 0.2) is 12.1 Å². The summed E-state index contributed by atoms with van der Waals surface area (Å²) in [6.45, 7) is 1.80. The summed E-state index contributed by atoms with van der Waals surface area (Å²) in [7, 11) is 1.51. The van der Waals surface area contributed by atoms with Crippen LogP contribution in [0.5, 0.6) is 5.75 Å². The van der Waals surface area contributed by atoms with Gasteiger partial charge in [-0.25, -0.2) is 0 Å². The number of hydrogen-bond donors (Lipinski definition) is 1. The maximum absolute atomic E-state index is 13.1. The number of ether oxygens (including phenoxy) is 1. The Kier molecular flexibility index (Phi) is 5.04. The normalized spacial score (nSPS) is 15.5. The van der Waals surface area contributed by atoms with Gasteiger partial charge >= 0.3 is 5.97 Å². The van der Waals surface area contributed by atoms with E-state index >= 15 is 0 Å². The molecule has 0 bridgehead atoms. The molecule has 0 spiro atoms. The Hall–Kier alpha value is -2.01. The van der Waals surface area contributed by atoms with Gasteiger partial charge in [-0.1, -0.05) is 30.9 Å². The van der Waals surface area contributed by atoms with Gasteiger partial charge in [-0.2, -0.15) is 0 Å². The maximum Gasteiger partial charge on any atom is 0.307 e. The number of aliphatic carboxylic acids is 1. The molecule has 1 heterocycles. The molecule has 0 unspecified atom stereocenters. The van der Waals surface area contributed by atoms with Gasteiger partial charge in [-0.05, 0) is 37.5 Å². The third-order valence-electron chi connectivity index (χ3n) is 5.11. The highest BCUT2D eigenvalue weighted by atomic mass is 35.5. The van der Waals surface area contributed by atoms with Crippen LogP contribution < -0.4 is 4.74 Å². The molecule has 1 aromatic heterocycles. The monoisotopic (exact) mass is 363 g/mol. The van der Waals surface area contributed by atoms with E-state index in [-0.39, 0.29) is 18.2 Å². The lowest BCUT2D eigenvalue weighted by atomic mass is 9.88. The smallest absolute Gasteiger partial charge is 0.307 e. The minimum atomic E-state index is -0.929. The summed E-state index contributed by atoms with van der Waals surface area (Å²) >= 11 is 6.27. The summed E-state index contributed by atoms with van der Waals surface area (Å²) in [6, 6.07) is 3.43. The second-order valence-corrected chi connectivity index (χ2v) is 7.05. The largest absolute Gasteiger partial charge is 0.495 e. The van der Waals surface area contributed by atoms with Gasteiger partial charge in [0.2, 0.25) is 5.91 Å². The minimum Gasteiger partial charge on any atom is -0.495 e. The summed E-state index contributed by atoms with van der Waals surface area (Å²) < 4.78 is 6.93. The quantitative estimate of drug-likeness (QED) is 0.870. The summed E-state index contributed by atoms with van der Waals surface area (Å²) in [4.78, 5) is 24.5. The molecule has 0 aliphatic heterocycles. The van der Waals surface area contributed by atoms with Crippen molar-refractivity contribution in [3.8, 4) is 5.75 Å². The molecular weight excluding hydrogens is 342 g/mol. The third kappa shape index (κ3) is 3.25. The zero-order valence-electron chi connectivity index (χ0n) is 14.5. The minimum absolute atomic E-state index is 0.0124. The lowest BCUT2D eigenvalue weighted by molar-refractivity contribution is -0.136. The molecule has 0 radical (unpaired) electrons. The molecule has 1 fully saturated rings. The van der Waals surface area contributed by atoms with Crippen molar-refractivity contribution < 1.29 is 19.4 Å². The maximum atomic E-state index is 13.1. The van der Waals surface area contributed by atoms with Crippen LogP contribution in [0, 0.1) is 12.8 Å². The van der Waals surface area contributed by atoms with Gasteiger partial charge in [-0.3, -0.25) is 14.2 Å². The van der Waals surface area contributed by atoms with E-state index in [1.807, 2.05) is 0 Å². The Morgan fingerprint density at radius 1 is 1.28 bits per heavy atom. The molecule has 25 heavy (non-hydrogen) atoms. The Morgan fingerprint density at radius 3 is 2.56 bits per heavy atom. The van der Waals surface area contributed by atoms with Crippen LogP contribution in [-0.2, 0) is 11.2 Å². The van der Waals surface area contributed by atoms with E-state index in [4.69, 9.17) is 16.3 Å². The number of carboxylic acids is 1. The highest BCUT2D eigenvalue weighted by Crippen LogP contribution is 2.36. The SMILES string of the molecule is COc1cc2c(CC(=O)O)c(C)n(C(=O)C3CCCCC3)c2cc1Cl. The number of carboxylic acid groups (broad SMARTS) is 1. The van der Waals surface area contributed by atoms with E-state index in [0.717, 1.165) is 25.7 Å². The van der Waals surface area contributed by atoms with Gasteiger partial charge < -0.3 is 9.84 Å². The number of rotatable bonds is 4. The fourth-order valence-corrected chi connectivity index (χ4v) is 4.06. The first-order valence-electron chi connectivity index (χ1n) is 8.57. The number of hydrogen-bond acceptors (Lipinski definition) is 3. The summed E-state index contributed by atoms with van der Waals surface area (Å²) in [5, 5.41) is 10.4. The summed E-state index contributed by atoms with van der Waals surface area (Å²) in [5.74, 6) is -0.425. The van der Waals surface area contributed by atoms with Crippen LogP contribution in [0.4, 0.5) is 0 Å². The van der Waals surface area contributed by atoms with E-state index in [9.17, 15) is 14.7 Å². The molecule has 1 aliphatic rings. The van der Waals surface area contributed by atoms with Crippen LogP contribution in [0.25, 0.3) is 10.9 Å². The number of halogens is 1. The Bertz CT molecular complexity index is 834. The lowest BCUT2D eigenvalue weighted by Crippen LogP contribution is -2.24. The van der Waals surface area contributed by atoms with E-state index < -0.39 is 5.97 Å². The molecule has 1 N–H and O–H groups in total. The molecule has 134 valence electrons. The number of benzene rings is 1. The number of methoxy groups -OCH3 is 1. The lowest BCUT2D eigenvalue weighted by Gasteiger charge is -2.22. The van der Waals surface area contributed by atoms with Crippen LogP contribution in [-0.4, -0.2) is 28.7 Å². The predicted molar refractivity (Wildman–Crippen MR) is 96.8 cm³/mol. The zero-order chi connectivity index (χ0) is 18.1. The molecule has 1 saturated carbocycles. The van der Waals surface area contributed by atoms with E-state index in [1.165, 1.54) is 13.5 Å². The number of nitrogens with zero attached hydrogens (tertiary/aromatic N) is 1. The van der Waals surface area contributed by atoms with E-state index in [2.05, 4.69) is 0 Å². The van der Waals surface area contributed by atoms with Crippen molar-refractivity contribution in [2.75, 3.05) is 7.11 Å². The summed E-state index contributed by atoms with van der Waals surface area (Å²) in [5.41, 5.74) is 1.98. The van der Waals surface area contributed by atoms with Gasteiger partial charge in [0.25, 0.3) is 0 Å². The van der Waals surface area contributed by atoms with Crippen molar-refractivity contribution in [1.82, 2.24) is 4.57 Å². The average molecular weight is 364 g/mol. The van der Waals surface area contributed by atoms with Gasteiger partial charge in [-0.15, -0.1) is 0 Å². The Morgan fingerprint density at radius 2 is 1.96 bits per heavy atom. The molecule has 5 nitrogen and oxygen atoms in total. The fourth-order valence-electron chi connectivity index (χ4n) is 3.83. The second-order valence-electron chi connectivity index (χ2n) is 6.65. The average Bonchev–Trinajstić information content (AvgIpc) is 2.85. The highest BCUT2D eigenvalue weighted by molar-refractivity contribution is 6.33. The molecule has 0 atom stereocenters. The first-order chi connectivity index (χ1) is 11.9. The highest BCUT2D eigenvalue weighted by Gasteiger charge is 2.27. The molecular formula is C19H22ClNO4. The predicted octanol–water partition coefficient (Wildman–Crippen LogP) is 4.46. The molecule has 6 heteroatoms. The molecule has 1 aliphatic carbocycles. The number of aromatic nitrogens is 1. The Labute approximate surface area is 151 Å². The van der Waals surface area contributed by atoms with E-state index in [0.29, 0.717) is 32.9 Å². The second kappa shape index (κ2) is 7.08. The topological polar surface area (TPSA) is 68.5 Å². The van der Waals surface area contributed by atoms with Crippen LogP contribution in [0.3, 0.4) is 0 Å². The van der Waals surface area contributed by atoms with Crippen molar-refractivity contribution in [2.45, 2.75) is 45.4 Å². The number of carbonyl (C=O) groups is 2. The molecule has 0 saturated heterocycles. The van der Waals surface area contributed by atoms with Gasteiger partial charge in [0.05, 0.1) is 24.1 Å². The Balaban J connectivity index is 2.19. The van der Waals surface area contributed by atoms with Crippen molar-refractivity contribution in [2.24, 2.45) is 5.92 Å². The van der Waals surface area contributed by atoms with Gasteiger partial charge in [0.15, 0.2) is 0 Å². The molecule has 0 amide bonds. The molecule has 2 aromatic rings. The fraction of sp³-hybridized carbons (Fsp3) is 0.474. The van der Waals surface area contributed by atoms with Crippen LogP contribution >= 0.6 is 11.6 Å². The van der Waals surface area contributed by atoms with Crippen molar-refractivity contribution in [3.63, 3.8) is 0 Å². The van der Waals surface area contributed by atoms with Gasteiger partial charge in [0, 0.05) is 17.0 Å². The van der Waals surface area contributed by atoms with Crippen molar-refractivity contribution >= 4 is 34.4 Å². The van der Waals surface area contributed by atoms with E-state index in [1.54, 1.807) is 23.6 Å². The zero-order valence-corrected chi connectivity index (χ0v) is 15.2. The van der Waals surface area contributed by atoms with Gasteiger partial charge in [0.1, 0.15) is 5.75 Å².